The molecule has 1 rings (SSSR count). The van der Waals surface area contributed by atoms with Crippen LogP contribution in [-0.2, 0) is 11.2 Å². The number of aromatic nitrogens is 2. The Hall–Kier alpha value is -1.45. The quantitative estimate of drug-likeness (QED) is 0.813. The number of H-pyrrole nitrogens is 1. The zero-order chi connectivity index (χ0) is 11.4. The Labute approximate surface area is 88.7 Å². The van der Waals surface area contributed by atoms with Crippen molar-refractivity contribution in [2.75, 3.05) is 0 Å². The second-order valence-electron chi connectivity index (χ2n) is 3.85. The number of hydrogen-bond acceptors (Lipinski definition) is 3. The number of carbonyl (C=O) groups is 1. The van der Waals surface area contributed by atoms with Crippen molar-refractivity contribution in [2.24, 2.45) is 0 Å². The molecule has 1 N–H and O–H groups in total. The predicted octanol–water partition coefficient (Wildman–Crippen LogP) is 1.41. The van der Waals surface area contributed by atoms with Crippen molar-refractivity contribution in [3.05, 3.63) is 27.9 Å². The normalized spacial score (nSPS) is 10.7. The summed E-state index contributed by atoms with van der Waals surface area (Å²) in [6, 6.07) is 1.39. The maximum Gasteiger partial charge on any atom is 0.251 e. The molecule has 0 atom stereocenters. The van der Waals surface area contributed by atoms with Crippen molar-refractivity contribution in [3.8, 4) is 0 Å². The van der Waals surface area contributed by atoms with Crippen LogP contribution in [0.3, 0.4) is 0 Å². The van der Waals surface area contributed by atoms with E-state index in [4.69, 9.17) is 0 Å². The van der Waals surface area contributed by atoms with Gasteiger partial charge in [0.05, 0.1) is 5.69 Å². The minimum absolute atomic E-state index is 0.0998. The Kier molecular flexibility index (Phi) is 3.77. The molecule has 1 aromatic heterocycles. The number of Topliss-reactive ketones (excluding diaryl/α,β-unsaturated/α-hetero) is 1. The van der Waals surface area contributed by atoms with E-state index in [2.05, 4.69) is 9.97 Å². The Morgan fingerprint density at radius 1 is 1.53 bits per heavy atom. The molecule has 1 aromatic rings. The molecule has 0 aromatic carbocycles. The van der Waals surface area contributed by atoms with Gasteiger partial charge >= 0.3 is 0 Å². The van der Waals surface area contributed by atoms with E-state index in [0.717, 1.165) is 0 Å². The van der Waals surface area contributed by atoms with Gasteiger partial charge in [0.1, 0.15) is 11.6 Å². The van der Waals surface area contributed by atoms with Crippen LogP contribution < -0.4 is 5.56 Å². The lowest BCUT2D eigenvalue weighted by Crippen LogP contribution is -2.15. The van der Waals surface area contributed by atoms with E-state index in [9.17, 15) is 9.59 Å². The highest BCUT2D eigenvalue weighted by molar-refractivity contribution is 5.80. The van der Waals surface area contributed by atoms with Crippen LogP contribution in [0, 0.1) is 0 Å². The SMILES string of the molecule is CCC(=O)Cc1cc(=O)[nH]c(C(C)C)n1. The average molecular weight is 208 g/mol. The predicted molar refractivity (Wildman–Crippen MR) is 57.9 cm³/mol. The highest BCUT2D eigenvalue weighted by Crippen LogP contribution is 2.07. The summed E-state index contributed by atoms with van der Waals surface area (Å²) in [4.78, 5) is 29.4. The molecule has 0 fully saturated rings. The van der Waals surface area contributed by atoms with E-state index in [1.807, 2.05) is 13.8 Å². The molecule has 0 amide bonds. The van der Waals surface area contributed by atoms with Crippen LogP contribution in [0.2, 0.25) is 0 Å². The number of rotatable bonds is 4. The largest absolute Gasteiger partial charge is 0.310 e. The fourth-order valence-corrected chi connectivity index (χ4v) is 1.22. The van der Waals surface area contributed by atoms with Gasteiger partial charge in [0.25, 0.3) is 5.56 Å². The smallest absolute Gasteiger partial charge is 0.251 e. The third kappa shape index (κ3) is 3.31. The second-order valence-corrected chi connectivity index (χ2v) is 3.85. The zero-order valence-electron chi connectivity index (χ0n) is 9.33. The van der Waals surface area contributed by atoms with Gasteiger partial charge in [-0.05, 0) is 0 Å². The Balaban J connectivity index is 2.99. The van der Waals surface area contributed by atoms with Crippen molar-refractivity contribution >= 4 is 5.78 Å². The Bertz CT molecular complexity index is 407. The fourth-order valence-electron chi connectivity index (χ4n) is 1.22. The first kappa shape index (κ1) is 11.6. The summed E-state index contributed by atoms with van der Waals surface area (Å²) >= 11 is 0. The van der Waals surface area contributed by atoms with Crippen molar-refractivity contribution in [3.63, 3.8) is 0 Å². The van der Waals surface area contributed by atoms with Crippen LogP contribution in [0.1, 0.15) is 44.6 Å². The molecule has 4 heteroatoms. The molecule has 4 nitrogen and oxygen atoms in total. The first-order valence-electron chi connectivity index (χ1n) is 5.14. The van der Waals surface area contributed by atoms with E-state index in [-0.39, 0.29) is 23.7 Å². The fraction of sp³-hybridized carbons (Fsp3) is 0.545. The summed E-state index contributed by atoms with van der Waals surface area (Å²) in [5.41, 5.74) is 0.377. The van der Waals surface area contributed by atoms with Crippen molar-refractivity contribution in [2.45, 2.75) is 39.5 Å². The van der Waals surface area contributed by atoms with Gasteiger partial charge in [-0.3, -0.25) is 9.59 Å². The maximum absolute atomic E-state index is 11.3. The lowest BCUT2D eigenvalue weighted by atomic mass is 10.1. The second kappa shape index (κ2) is 4.87. The number of hydrogen-bond donors (Lipinski definition) is 1. The molecular formula is C11H16N2O2. The number of ketones is 1. The monoisotopic (exact) mass is 208 g/mol. The highest BCUT2D eigenvalue weighted by atomic mass is 16.1. The molecule has 0 saturated carbocycles. The van der Waals surface area contributed by atoms with Crippen molar-refractivity contribution < 1.29 is 4.79 Å². The van der Waals surface area contributed by atoms with Gasteiger partial charge in [-0.25, -0.2) is 4.98 Å². The molecule has 0 aliphatic carbocycles. The number of aromatic amines is 1. The lowest BCUT2D eigenvalue weighted by molar-refractivity contribution is -0.118. The topological polar surface area (TPSA) is 62.8 Å². The molecule has 82 valence electrons. The molecule has 0 radical (unpaired) electrons. The Morgan fingerprint density at radius 2 is 2.20 bits per heavy atom. The lowest BCUT2D eigenvalue weighted by Gasteiger charge is -2.05. The molecule has 1 heterocycles. The summed E-state index contributed by atoms with van der Waals surface area (Å²) in [5, 5.41) is 0. The van der Waals surface area contributed by atoms with E-state index in [1.165, 1.54) is 6.07 Å². The molecule has 0 aliphatic heterocycles. The van der Waals surface area contributed by atoms with Crippen LogP contribution >= 0.6 is 0 Å². The van der Waals surface area contributed by atoms with E-state index in [0.29, 0.717) is 17.9 Å². The molecule has 0 bridgehead atoms. The van der Waals surface area contributed by atoms with Gasteiger partial charge in [-0.1, -0.05) is 20.8 Å². The molecule has 0 spiro atoms. The first-order chi connectivity index (χ1) is 7.02. The summed E-state index contributed by atoms with van der Waals surface area (Å²) in [5.74, 6) is 0.901. The third-order valence-corrected chi connectivity index (χ3v) is 2.13. The zero-order valence-corrected chi connectivity index (χ0v) is 9.33. The summed E-state index contributed by atoms with van der Waals surface area (Å²) < 4.78 is 0. The number of carbonyl (C=O) groups excluding carboxylic acids is 1. The van der Waals surface area contributed by atoms with Gasteiger partial charge in [0, 0.05) is 24.8 Å². The van der Waals surface area contributed by atoms with Gasteiger partial charge in [-0.2, -0.15) is 0 Å². The van der Waals surface area contributed by atoms with Crippen molar-refractivity contribution in [1.29, 1.82) is 0 Å². The van der Waals surface area contributed by atoms with Gasteiger partial charge in [0.2, 0.25) is 0 Å². The number of nitrogens with zero attached hydrogens (tertiary/aromatic N) is 1. The number of nitrogens with one attached hydrogen (secondary N) is 1. The highest BCUT2D eigenvalue weighted by Gasteiger charge is 2.07. The maximum atomic E-state index is 11.3. The van der Waals surface area contributed by atoms with Gasteiger partial charge in [-0.15, -0.1) is 0 Å². The average Bonchev–Trinajstić information content (AvgIpc) is 2.16. The summed E-state index contributed by atoms with van der Waals surface area (Å²) in [6.45, 7) is 5.70. The minimum atomic E-state index is -0.187. The van der Waals surface area contributed by atoms with Gasteiger partial charge in [0.15, 0.2) is 0 Å². The molecular weight excluding hydrogens is 192 g/mol. The van der Waals surface area contributed by atoms with Crippen LogP contribution in [0.5, 0.6) is 0 Å². The summed E-state index contributed by atoms with van der Waals surface area (Å²) in [6.07, 6.45) is 0.728. The Morgan fingerprint density at radius 3 is 2.73 bits per heavy atom. The molecule has 0 aliphatic rings. The molecule has 0 saturated heterocycles. The van der Waals surface area contributed by atoms with Gasteiger partial charge < -0.3 is 4.98 Å². The summed E-state index contributed by atoms with van der Waals surface area (Å²) in [7, 11) is 0. The van der Waals surface area contributed by atoms with Crippen LogP contribution in [0.25, 0.3) is 0 Å². The van der Waals surface area contributed by atoms with Crippen LogP contribution in [0.15, 0.2) is 10.9 Å². The minimum Gasteiger partial charge on any atom is -0.310 e. The molecule has 0 unspecified atom stereocenters. The van der Waals surface area contributed by atoms with Crippen LogP contribution in [-0.4, -0.2) is 15.8 Å². The van der Waals surface area contributed by atoms with E-state index < -0.39 is 0 Å². The third-order valence-electron chi connectivity index (χ3n) is 2.13. The van der Waals surface area contributed by atoms with Crippen LogP contribution in [0.4, 0.5) is 0 Å². The standard InChI is InChI=1S/C11H16N2O2/c1-4-9(14)5-8-6-10(15)13-11(12-8)7(2)3/h6-7H,4-5H2,1-3H3,(H,12,13,15). The molecule has 15 heavy (non-hydrogen) atoms. The van der Waals surface area contributed by atoms with E-state index >= 15 is 0 Å². The van der Waals surface area contributed by atoms with E-state index in [1.54, 1.807) is 6.92 Å². The first-order valence-corrected chi connectivity index (χ1v) is 5.14. The van der Waals surface area contributed by atoms with Crippen molar-refractivity contribution in [1.82, 2.24) is 9.97 Å².